The number of halogens is 2. The minimum absolute atomic E-state index is 0.0386. The summed E-state index contributed by atoms with van der Waals surface area (Å²) in [4.78, 5) is 27.2. The Morgan fingerprint density at radius 3 is 2.43 bits per heavy atom. The number of oxazole rings is 1. The van der Waals surface area contributed by atoms with Crippen LogP contribution in [0.15, 0.2) is 22.6 Å². The van der Waals surface area contributed by atoms with Crippen molar-refractivity contribution in [1.82, 2.24) is 4.98 Å². The molecular formula is C13H9Cl2NO5. The zero-order valence-corrected chi connectivity index (χ0v) is 12.5. The normalized spacial score (nSPS) is 10.3. The van der Waals surface area contributed by atoms with E-state index in [1.54, 1.807) is 12.1 Å². The number of carbonyl (C=O) groups excluding carboxylic acids is 2. The van der Waals surface area contributed by atoms with E-state index < -0.39 is 11.9 Å². The summed E-state index contributed by atoms with van der Waals surface area (Å²) in [6.07, 6.45) is 0. The molecule has 0 aliphatic rings. The number of carbonyl (C=O) groups is 2. The van der Waals surface area contributed by atoms with E-state index in [0.29, 0.717) is 15.6 Å². The average molecular weight is 330 g/mol. The van der Waals surface area contributed by atoms with Gasteiger partial charge in [0.15, 0.2) is 0 Å². The lowest BCUT2D eigenvalue weighted by Gasteiger charge is -1.99. The highest BCUT2D eigenvalue weighted by molar-refractivity contribution is 6.35. The van der Waals surface area contributed by atoms with Crippen LogP contribution >= 0.6 is 23.2 Å². The smallest absolute Gasteiger partial charge is 0.376 e. The van der Waals surface area contributed by atoms with Crippen LogP contribution in [-0.2, 0) is 9.47 Å². The van der Waals surface area contributed by atoms with Crippen molar-refractivity contribution in [3.8, 4) is 11.5 Å². The molecule has 0 saturated carbocycles. The molecule has 1 heterocycles. The predicted molar refractivity (Wildman–Crippen MR) is 74.6 cm³/mol. The third-order valence-corrected chi connectivity index (χ3v) is 3.10. The van der Waals surface area contributed by atoms with Crippen LogP contribution in [0.25, 0.3) is 11.5 Å². The standard InChI is InChI=1S/C13H9Cl2NO5/c1-19-12(17)9-10(13(18)20-2)21-11(16-9)7-5-6(14)3-4-8(7)15/h3-5H,1-2H3. The van der Waals surface area contributed by atoms with Crippen molar-refractivity contribution in [2.24, 2.45) is 0 Å². The predicted octanol–water partition coefficient (Wildman–Crippen LogP) is 3.22. The van der Waals surface area contributed by atoms with Crippen molar-refractivity contribution >= 4 is 35.1 Å². The van der Waals surface area contributed by atoms with E-state index in [0.717, 1.165) is 14.2 Å². The quantitative estimate of drug-likeness (QED) is 0.804. The lowest BCUT2D eigenvalue weighted by Crippen LogP contribution is -2.10. The number of benzene rings is 1. The molecule has 0 unspecified atom stereocenters. The molecule has 0 bridgehead atoms. The third kappa shape index (κ3) is 3.01. The van der Waals surface area contributed by atoms with E-state index in [2.05, 4.69) is 14.5 Å². The van der Waals surface area contributed by atoms with E-state index in [1.165, 1.54) is 6.07 Å². The van der Waals surface area contributed by atoms with Gasteiger partial charge in [-0.3, -0.25) is 0 Å². The Morgan fingerprint density at radius 2 is 1.81 bits per heavy atom. The molecule has 0 aliphatic carbocycles. The number of rotatable bonds is 3. The number of nitrogens with zero attached hydrogens (tertiary/aromatic N) is 1. The zero-order valence-electron chi connectivity index (χ0n) is 11.0. The van der Waals surface area contributed by atoms with Gasteiger partial charge in [-0.2, -0.15) is 0 Å². The molecule has 0 spiro atoms. The topological polar surface area (TPSA) is 78.6 Å². The fourth-order valence-electron chi connectivity index (χ4n) is 1.56. The van der Waals surface area contributed by atoms with Gasteiger partial charge in [0.1, 0.15) is 0 Å². The number of aromatic nitrogens is 1. The molecule has 0 fully saturated rings. The van der Waals surface area contributed by atoms with E-state index in [-0.39, 0.29) is 17.3 Å². The van der Waals surface area contributed by atoms with Crippen molar-refractivity contribution in [3.63, 3.8) is 0 Å². The molecule has 110 valence electrons. The Balaban J connectivity index is 2.61. The van der Waals surface area contributed by atoms with Crippen molar-refractivity contribution in [3.05, 3.63) is 39.7 Å². The second-order valence-electron chi connectivity index (χ2n) is 3.80. The molecule has 21 heavy (non-hydrogen) atoms. The van der Waals surface area contributed by atoms with Crippen molar-refractivity contribution in [2.45, 2.75) is 0 Å². The van der Waals surface area contributed by atoms with Crippen LogP contribution in [0.1, 0.15) is 21.0 Å². The van der Waals surface area contributed by atoms with Gasteiger partial charge < -0.3 is 13.9 Å². The van der Waals surface area contributed by atoms with Gasteiger partial charge >= 0.3 is 11.9 Å². The molecule has 0 N–H and O–H groups in total. The van der Waals surface area contributed by atoms with Crippen LogP contribution in [0.3, 0.4) is 0 Å². The van der Waals surface area contributed by atoms with E-state index in [1.807, 2.05) is 0 Å². The Bertz CT molecular complexity index is 677. The second-order valence-corrected chi connectivity index (χ2v) is 4.65. The summed E-state index contributed by atoms with van der Waals surface area (Å²) in [5, 5.41) is 0.695. The van der Waals surface area contributed by atoms with Crippen LogP contribution in [0.2, 0.25) is 10.0 Å². The van der Waals surface area contributed by atoms with Gasteiger partial charge in [-0.25, -0.2) is 14.6 Å². The van der Waals surface area contributed by atoms with Crippen molar-refractivity contribution in [1.29, 1.82) is 0 Å². The summed E-state index contributed by atoms with van der Waals surface area (Å²) in [6.45, 7) is 0. The molecule has 2 rings (SSSR count). The van der Waals surface area contributed by atoms with Crippen molar-refractivity contribution < 1.29 is 23.5 Å². The van der Waals surface area contributed by atoms with Gasteiger partial charge in [-0.15, -0.1) is 0 Å². The molecule has 1 aromatic carbocycles. The van der Waals surface area contributed by atoms with Gasteiger partial charge in [0, 0.05) is 5.02 Å². The molecule has 0 atom stereocenters. The maximum Gasteiger partial charge on any atom is 0.376 e. The fourth-order valence-corrected chi connectivity index (χ4v) is 1.93. The van der Waals surface area contributed by atoms with Gasteiger partial charge in [-0.1, -0.05) is 23.2 Å². The maximum atomic E-state index is 11.6. The molecule has 0 amide bonds. The van der Waals surface area contributed by atoms with Gasteiger partial charge in [0.2, 0.25) is 17.3 Å². The van der Waals surface area contributed by atoms with E-state index >= 15 is 0 Å². The highest BCUT2D eigenvalue weighted by Crippen LogP contribution is 2.31. The van der Waals surface area contributed by atoms with Gasteiger partial charge in [0.05, 0.1) is 24.8 Å². The maximum absolute atomic E-state index is 11.6. The molecule has 8 heteroatoms. The molecule has 2 aromatic rings. The first-order chi connectivity index (χ1) is 9.97. The number of hydrogen-bond acceptors (Lipinski definition) is 6. The van der Waals surface area contributed by atoms with Crippen LogP contribution in [0.4, 0.5) is 0 Å². The summed E-state index contributed by atoms with van der Waals surface area (Å²) in [7, 11) is 2.31. The summed E-state index contributed by atoms with van der Waals surface area (Å²) in [6, 6.07) is 4.62. The highest BCUT2D eigenvalue weighted by atomic mass is 35.5. The Morgan fingerprint density at radius 1 is 1.14 bits per heavy atom. The monoisotopic (exact) mass is 329 g/mol. The van der Waals surface area contributed by atoms with Crippen LogP contribution < -0.4 is 0 Å². The Labute approximate surface area is 129 Å². The molecule has 0 aliphatic heterocycles. The average Bonchev–Trinajstić information content (AvgIpc) is 2.93. The minimum atomic E-state index is -0.854. The highest BCUT2D eigenvalue weighted by Gasteiger charge is 2.28. The lowest BCUT2D eigenvalue weighted by molar-refractivity contribution is 0.0527. The summed E-state index contributed by atoms with van der Waals surface area (Å²) in [5.41, 5.74) is 0.0415. The summed E-state index contributed by atoms with van der Waals surface area (Å²) < 4.78 is 14.4. The number of methoxy groups -OCH3 is 2. The van der Waals surface area contributed by atoms with Crippen molar-refractivity contribution in [2.75, 3.05) is 14.2 Å². The molecular weight excluding hydrogens is 321 g/mol. The SMILES string of the molecule is COC(=O)c1nc(-c2cc(Cl)ccc2Cl)oc1C(=O)OC. The second kappa shape index (κ2) is 6.15. The van der Waals surface area contributed by atoms with Crippen LogP contribution in [-0.4, -0.2) is 31.1 Å². The number of ether oxygens (including phenoxy) is 2. The molecule has 0 saturated heterocycles. The Kier molecular flexibility index (Phi) is 4.50. The fraction of sp³-hybridized carbons (Fsp3) is 0.154. The minimum Gasteiger partial charge on any atom is -0.464 e. The Hall–Kier alpha value is -2.05. The summed E-state index contributed by atoms with van der Waals surface area (Å²) >= 11 is 11.9. The molecule has 0 radical (unpaired) electrons. The number of esters is 2. The largest absolute Gasteiger partial charge is 0.464 e. The first-order valence-corrected chi connectivity index (χ1v) is 6.36. The van der Waals surface area contributed by atoms with Gasteiger partial charge in [-0.05, 0) is 18.2 Å². The van der Waals surface area contributed by atoms with E-state index in [9.17, 15) is 9.59 Å². The summed E-state index contributed by atoms with van der Waals surface area (Å²) in [5.74, 6) is -2.09. The first-order valence-electron chi connectivity index (χ1n) is 5.60. The third-order valence-electron chi connectivity index (χ3n) is 2.54. The van der Waals surface area contributed by atoms with Crippen LogP contribution in [0.5, 0.6) is 0 Å². The lowest BCUT2D eigenvalue weighted by atomic mass is 10.2. The number of hydrogen-bond donors (Lipinski definition) is 0. The van der Waals surface area contributed by atoms with Crippen LogP contribution in [0, 0.1) is 0 Å². The van der Waals surface area contributed by atoms with Gasteiger partial charge in [0.25, 0.3) is 0 Å². The first kappa shape index (κ1) is 15.3. The molecule has 6 nitrogen and oxygen atoms in total. The van der Waals surface area contributed by atoms with E-state index in [4.69, 9.17) is 27.6 Å². The molecule has 1 aromatic heterocycles. The zero-order chi connectivity index (χ0) is 15.6.